The quantitative estimate of drug-likeness (QED) is 0.433. The highest BCUT2D eigenvalue weighted by atomic mass is 15.6. The molecule has 1 aliphatic heterocycles. The van der Waals surface area contributed by atoms with Crippen molar-refractivity contribution in [1.82, 2.24) is 10.9 Å². The van der Waals surface area contributed by atoms with Crippen LogP contribution in [0.4, 0.5) is 0 Å². The lowest BCUT2D eigenvalue weighted by Gasteiger charge is -1.73. The standard InChI is InChI=1S/C4H8N2/c1-2-3(1)4-5-6-4/h3-6H,1-2H2. The zero-order chi connectivity index (χ0) is 3.98. The third-order valence-electron chi connectivity index (χ3n) is 1.40. The van der Waals surface area contributed by atoms with E-state index in [0.29, 0.717) is 6.17 Å². The molecule has 0 aromatic heterocycles. The Labute approximate surface area is 36.9 Å². The molecule has 1 saturated carbocycles. The molecule has 6 heavy (non-hydrogen) atoms. The van der Waals surface area contributed by atoms with Gasteiger partial charge < -0.3 is 0 Å². The molecule has 2 aliphatic rings. The number of hydrogen-bond acceptors (Lipinski definition) is 2. The maximum Gasteiger partial charge on any atom is 0.0861 e. The summed E-state index contributed by atoms with van der Waals surface area (Å²) in [4.78, 5) is 0. The molecule has 1 aliphatic carbocycles. The van der Waals surface area contributed by atoms with E-state index in [0.717, 1.165) is 5.92 Å². The van der Waals surface area contributed by atoms with Crippen LogP contribution in [0.25, 0.3) is 0 Å². The van der Waals surface area contributed by atoms with Gasteiger partial charge in [-0.2, -0.15) is 0 Å². The minimum atomic E-state index is 0.713. The predicted molar refractivity (Wildman–Crippen MR) is 22.8 cm³/mol. The Hall–Kier alpha value is -0.0800. The van der Waals surface area contributed by atoms with E-state index >= 15 is 0 Å². The molecule has 2 fully saturated rings. The molecular formula is C4H8N2. The van der Waals surface area contributed by atoms with Crippen molar-refractivity contribution in [1.29, 1.82) is 0 Å². The third kappa shape index (κ3) is 0.340. The molecule has 34 valence electrons. The first kappa shape index (κ1) is 2.99. The lowest BCUT2D eigenvalue weighted by atomic mass is 10.4. The SMILES string of the molecule is C1CC1C1NN1. The summed E-state index contributed by atoms with van der Waals surface area (Å²) in [7, 11) is 0. The highest BCUT2D eigenvalue weighted by Gasteiger charge is 2.37. The van der Waals surface area contributed by atoms with Gasteiger partial charge in [0.15, 0.2) is 0 Å². The van der Waals surface area contributed by atoms with Crippen molar-refractivity contribution in [2.24, 2.45) is 5.92 Å². The highest BCUT2D eigenvalue weighted by Crippen LogP contribution is 2.33. The fraction of sp³-hybridized carbons (Fsp3) is 1.00. The number of nitrogens with one attached hydrogen (secondary N) is 2. The molecule has 0 radical (unpaired) electrons. The first-order chi connectivity index (χ1) is 2.97. The highest BCUT2D eigenvalue weighted by molar-refractivity contribution is 4.89. The molecule has 0 atom stereocenters. The Morgan fingerprint density at radius 2 is 1.83 bits per heavy atom. The Kier molecular flexibility index (Phi) is 0.383. The van der Waals surface area contributed by atoms with Crippen molar-refractivity contribution < 1.29 is 0 Å². The van der Waals surface area contributed by atoms with Crippen LogP contribution in [0.2, 0.25) is 0 Å². The van der Waals surface area contributed by atoms with Gasteiger partial charge in [0.2, 0.25) is 0 Å². The van der Waals surface area contributed by atoms with E-state index in [2.05, 4.69) is 10.9 Å². The largest absolute Gasteiger partial charge is 0.238 e. The van der Waals surface area contributed by atoms with Crippen LogP contribution < -0.4 is 10.9 Å². The predicted octanol–water partition coefficient (Wildman–Crippen LogP) is -0.170. The summed E-state index contributed by atoms with van der Waals surface area (Å²) in [6.45, 7) is 0. The van der Waals surface area contributed by atoms with E-state index in [9.17, 15) is 0 Å². The molecular weight excluding hydrogens is 76.1 g/mol. The van der Waals surface area contributed by atoms with E-state index in [-0.39, 0.29) is 0 Å². The van der Waals surface area contributed by atoms with Crippen LogP contribution in [0.5, 0.6) is 0 Å². The van der Waals surface area contributed by atoms with Crippen LogP contribution in [0.1, 0.15) is 12.8 Å². The zero-order valence-corrected chi connectivity index (χ0v) is 3.57. The molecule has 2 nitrogen and oxygen atoms in total. The van der Waals surface area contributed by atoms with Gasteiger partial charge in [0.25, 0.3) is 0 Å². The Bertz CT molecular complexity index is 53.9. The van der Waals surface area contributed by atoms with Crippen LogP contribution in [0, 0.1) is 5.92 Å². The van der Waals surface area contributed by atoms with E-state index in [4.69, 9.17) is 0 Å². The van der Waals surface area contributed by atoms with E-state index in [1.807, 2.05) is 0 Å². The molecule has 0 aromatic carbocycles. The molecule has 0 amide bonds. The summed E-state index contributed by atoms with van der Waals surface area (Å²) in [6.07, 6.45) is 3.58. The zero-order valence-electron chi connectivity index (χ0n) is 3.57. The van der Waals surface area contributed by atoms with Gasteiger partial charge in [0.05, 0.1) is 6.17 Å². The molecule has 2 heteroatoms. The molecule has 2 rings (SSSR count). The van der Waals surface area contributed by atoms with Crippen molar-refractivity contribution in [3.8, 4) is 0 Å². The molecule has 2 N–H and O–H groups in total. The normalized spacial score (nSPS) is 34.0. The van der Waals surface area contributed by atoms with Gasteiger partial charge in [-0.3, -0.25) is 0 Å². The van der Waals surface area contributed by atoms with Gasteiger partial charge in [-0.25, -0.2) is 10.9 Å². The lowest BCUT2D eigenvalue weighted by Crippen LogP contribution is -1.91. The van der Waals surface area contributed by atoms with Crippen molar-refractivity contribution in [2.45, 2.75) is 19.0 Å². The van der Waals surface area contributed by atoms with Crippen molar-refractivity contribution in [2.75, 3.05) is 0 Å². The smallest absolute Gasteiger partial charge is 0.0861 e. The minimum absolute atomic E-state index is 0.713. The van der Waals surface area contributed by atoms with Gasteiger partial charge >= 0.3 is 0 Å². The minimum Gasteiger partial charge on any atom is -0.238 e. The van der Waals surface area contributed by atoms with Crippen LogP contribution >= 0.6 is 0 Å². The van der Waals surface area contributed by atoms with Crippen LogP contribution in [-0.4, -0.2) is 6.17 Å². The van der Waals surface area contributed by atoms with Crippen molar-refractivity contribution in [3.05, 3.63) is 0 Å². The van der Waals surface area contributed by atoms with Crippen LogP contribution in [-0.2, 0) is 0 Å². The maximum absolute atomic E-state index is 3.05. The first-order valence-corrected chi connectivity index (χ1v) is 2.48. The third-order valence-corrected chi connectivity index (χ3v) is 1.40. The summed E-state index contributed by atoms with van der Waals surface area (Å²) in [5, 5.41) is 0. The van der Waals surface area contributed by atoms with Crippen LogP contribution in [0.3, 0.4) is 0 Å². The van der Waals surface area contributed by atoms with Crippen molar-refractivity contribution >= 4 is 0 Å². The monoisotopic (exact) mass is 84.1 g/mol. The Morgan fingerprint density at radius 1 is 1.17 bits per heavy atom. The molecule has 1 saturated heterocycles. The first-order valence-electron chi connectivity index (χ1n) is 2.48. The second kappa shape index (κ2) is 0.768. The van der Waals surface area contributed by atoms with E-state index < -0.39 is 0 Å². The molecule has 0 spiro atoms. The van der Waals surface area contributed by atoms with E-state index in [1.54, 1.807) is 0 Å². The Balaban J connectivity index is 1.92. The molecule has 1 heterocycles. The summed E-state index contributed by atoms with van der Waals surface area (Å²) in [5.41, 5.74) is 6.09. The fourth-order valence-corrected chi connectivity index (χ4v) is 0.713. The van der Waals surface area contributed by atoms with Gasteiger partial charge in [-0.05, 0) is 18.8 Å². The molecule has 0 unspecified atom stereocenters. The number of hydrazine groups is 1. The molecule has 0 bridgehead atoms. The van der Waals surface area contributed by atoms with Gasteiger partial charge in [-0.15, -0.1) is 0 Å². The van der Waals surface area contributed by atoms with Gasteiger partial charge in [0.1, 0.15) is 0 Å². The maximum atomic E-state index is 3.05. The lowest BCUT2D eigenvalue weighted by molar-refractivity contribution is 0.790. The average Bonchev–Trinajstić information content (AvgIpc) is 2.26. The summed E-state index contributed by atoms with van der Waals surface area (Å²) < 4.78 is 0. The fourth-order valence-electron chi connectivity index (χ4n) is 0.713. The topological polar surface area (TPSA) is 43.9 Å². The summed E-state index contributed by atoms with van der Waals surface area (Å²) >= 11 is 0. The molecule has 0 aromatic rings. The summed E-state index contributed by atoms with van der Waals surface area (Å²) in [6, 6.07) is 0. The van der Waals surface area contributed by atoms with Crippen LogP contribution in [0.15, 0.2) is 0 Å². The summed E-state index contributed by atoms with van der Waals surface area (Å²) in [5.74, 6) is 0.991. The van der Waals surface area contributed by atoms with Crippen molar-refractivity contribution in [3.63, 3.8) is 0 Å². The van der Waals surface area contributed by atoms with Gasteiger partial charge in [-0.1, -0.05) is 0 Å². The average molecular weight is 84.1 g/mol. The number of hydrogen-bond donors (Lipinski definition) is 2. The van der Waals surface area contributed by atoms with E-state index in [1.165, 1.54) is 12.8 Å². The Morgan fingerprint density at radius 3 is 2.00 bits per heavy atom. The van der Waals surface area contributed by atoms with Gasteiger partial charge in [0, 0.05) is 0 Å². The second-order valence-corrected chi connectivity index (χ2v) is 2.10. The second-order valence-electron chi connectivity index (χ2n) is 2.10. The number of rotatable bonds is 1.